The third kappa shape index (κ3) is 1.46. The monoisotopic (exact) mass is 115 g/mol. The van der Waals surface area contributed by atoms with E-state index in [1.54, 1.807) is 6.42 Å². The standard InChI is InChI=1S/C7H12F/c1-6-3-2-4-7(8)5-6/h4,6-7H,2-3,5H2,1H3. The maximum Gasteiger partial charge on any atom is 0.104 e. The van der Waals surface area contributed by atoms with Gasteiger partial charge in [-0.1, -0.05) is 13.3 Å². The van der Waals surface area contributed by atoms with E-state index < -0.39 is 6.17 Å². The summed E-state index contributed by atoms with van der Waals surface area (Å²) in [6, 6.07) is 0. The van der Waals surface area contributed by atoms with Crippen molar-refractivity contribution in [1.82, 2.24) is 0 Å². The largest absolute Gasteiger partial charge is 0.247 e. The molecule has 1 fully saturated rings. The Bertz CT molecular complexity index is 62.8. The van der Waals surface area contributed by atoms with E-state index in [1.807, 2.05) is 0 Å². The first kappa shape index (κ1) is 6.06. The normalized spacial score (nSPS) is 39.8. The molecular formula is C7H12F. The van der Waals surface area contributed by atoms with Crippen LogP contribution in [0.4, 0.5) is 4.39 Å². The van der Waals surface area contributed by atoms with Gasteiger partial charge in [-0.25, -0.2) is 4.39 Å². The molecular weight excluding hydrogens is 103 g/mol. The van der Waals surface area contributed by atoms with E-state index in [2.05, 4.69) is 6.92 Å². The summed E-state index contributed by atoms with van der Waals surface area (Å²) in [5.74, 6) is 0.606. The van der Waals surface area contributed by atoms with Crippen LogP contribution < -0.4 is 0 Å². The third-order valence-corrected chi connectivity index (χ3v) is 1.71. The SMILES string of the molecule is CC1CC[CH]C(F)C1. The summed E-state index contributed by atoms with van der Waals surface area (Å²) in [4.78, 5) is 0. The number of halogens is 1. The number of hydrogen-bond acceptors (Lipinski definition) is 0. The molecule has 0 aromatic rings. The van der Waals surface area contributed by atoms with Crippen LogP contribution in [0.1, 0.15) is 26.2 Å². The molecule has 0 spiro atoms. The van der Waals surface area contributed by atoms with Crippen molar-refractivity contribution in [2.24, 2.45) is 5.92 Å². The molecule has 0 saturated heterocycles. The van der Waals surface area contributed by atoms with Crippen LogP contribution in [-0.2, 0) is 0 Å². The van der Waals surface area contributed by atoms with Crippen molar-refractivity contribution in [2.75, 3.05) is 0 Å². The molecule has 0 bridgehead atoms. The van der Waals surface area contributed by atoms with Gasteiger partial charge in [-0.15, -0.1) is 0 Å². The molecule has 0 amide bonds. The van der Waals surface area contributed by atoms with E-state index in [0.29, 0.717) is 5.92 Å². The predicted molar refractivity (Wildman–Crippen MR) is 32.2 cm³/mol. The Morgan fingerprint density at radius 3 is 2.75 bits per heavy atom. The first-order valence-electron chi connectivity index (χ1n) is 3.26. The van der Waals surface area contributed by atoms with Crippen LogP contribution in [0.5, 0.6) is 0 Å². The second-order valence-corrected chi connectivity index (χ2v) is 2.67. The van der Waals surface area contributed by atoms with Gasteiger partial charge in [0.25, 0.3) is 0 Å². The van der Waals surface area contributed by atoms with Gasteiger partial charge in [0.15, 0.2) is 0 Å². The Balaban J connectivity index is 2.23. The van der Waals surface area contributed by atoms with E-state index in [9.17, 15) is 4.39 Å². The molecule has 1 radical (unpaired) electrons. The summed E-state index contributed by atoms with van der Waals surface area (Å²) in [6.45, 7) is 2.11. The van der Waals surface area contributed by atoms with Gasteiger partial charge in [0.2, 0.25) is 0 Å². The number of rotatable bonds is 0. The van der Waals surface area contributed by atoms with Gasteiger partial charge >= 0.3 is 0 Å². The maximum atomic E-state index is 12.4. The molecule has 1 aliphatic carbocycles. The topological polar surface area (TPSA) is 0 Å². The lowest BCUT2D eigenvalue weighted by Crippen LogP contribution is -2.13. The predicted octanol–water partition coefficient (Wildman–Crippen LogP) is 2.35. The highest BCUT2D eigenvalue weighted by Crippen LogP contribution is 2.24. The fourth-order valence-corrected chi connectivity index (χ4v) is 1.16. The van der Waals surface area contributed by atoms with Crippen molar-refractivity contribution in [2.45, 2.75) is 32.4 Å². The second-order valence-electron chi connectivity index (χ2n) is 2.67. The van der Waals surface area contributed by atoms with E-state index in [-0.39, 0.29) is 0 Å². The number of hydrogen-bond donors (Lipinski definition) is 0. The fraction of sp³-hybridized carbons (Fsp3) is 0.857. The molecule has 0 aromatic carbocycles. The Morgan fingerprint density at radius 2 is 2.38 bits per heavy atom. The highest BCUT2D eigenvalue weighted by molar-refractivity contribution is 4.83. The smallest absolute Gasteiger partial charge is 0.104 e. The van der Waals surface area contributed by atoms with Gasteiger partial charge in [-0.3, -0.25) is 0 Å². The molecule has 47 valence electrons. The van der Waals surface area contributed by atoms with Gasteiger partial charge in [-0.2, -0.15) is 0 Å². The molecule has 1 aliphatic rings. The summed E-state index contributed by atoms with van der Waals surface area (Å²) in [5, 5.41) is 0. The van der Waals surface area contributed by atoms with E-state index >= 15 is 0 Å². The van der Waals surface area contributed by atoms with Gasteiger partial charge in [0.1, 0.15) is 6.17 Å². The van der Waals surface area contributed by atoms with Crippen molar-refractivity contribution in [3.63, 3.8) is 0 Å². The summed E-state index contributed by atoms with van der Waals surface area (Å²) in [7, 11) is 0. The zero-order valence-corrected chi connectivity index (χ0v) is 5.23. The molecule has 2 atom stereocenters. The van der Waals surface area contributed by atoms with Crippen LogP contribution in [-0.4, -0.2) is 6.17 Å². The lowest BCUT2D eigenvalue weighted by molar-refractivity contribution is 0.262. The highest BCUT2D eigenvalue weighted by atomic mass is 19.1. The minimum Gasteiger partial charge on any atom is -0.247 e. The lowest BCUT2D eigenvalue weighted by atomic mass is 9.90. The first-order valence-corrected chi connectivity index (χ1v) is 3.26. The second kappa shape index (κ2) is 2.47. The molecule has 0 aromatic heterocycles. The Morgan fingerprint density at radius 1 is 1.62 bits per heavy atom. The van der Waals surface area contributed by atoms with Crippen LogP contribution in [0, 0.1) is 12.3 Å². The van der Waals surface area contributed by atoms with Crippen molar-refractivity contribution in [3.05, 3.63) is 6.42 Å². The van der Waals surface area contributed by atoms with Gasteiger partial charge < -0.3 is 0 Å². The van der Waals surface area contributed by atoms with Crippen molar-refractivity contribution < 1.29 is 4.39 Å². The molecule has 0 aliphatic heterocycles. The summed E-state index contributed by atoms with van der Waals surface area (Å²) >= 11 is 0. The van der Waals surface area contributed by atoms with E-state index in [1.165, 1.54) is 6.42 Å². The Hall–Kier alpha value is -0.0700. The minimum absolute atomic E-state index is 0.606. The van der Waals surface area contributed by atoms with Crippen molar-refractivity contribution in [1.29, 1.82) is 0 Å². The molecule has 1 rings (SSSR count). The zero-order valence-electron chi connectivity index (χ0n) is 5.23. The molecule has 1 saturated carbocycles. The molecule has 8 heavy (non-hydrogen) atoms. The van der Waals surface area contributed by atoms with Crippen LogP contribution in [0.15, 0.2) is 0 Å². The highest BCUT2D eigenvalue weighted by Gasteiger charge is 2.17. The van der Waals surface area contributed by atoms with Crippen LogP contribution in [0.3, 0.4) is 0 Å². The average molecular weight is 115 g/mol. The van der Waals surface area contributed by atoms with Crippen LogP contribution >= 0.6 is 0 Å². The maximum absolute atomic E-state index is 12.4. The molecule has 2 unspecified atom stereocenters. The van der Waals surface area contributed by atoms with E-state index in [0.717, 1.165) is 12.8 Å². The van der Waals surface area contributed by atoms with Crippen molar-refractivity contribution in [3.8, 4) is 0 Å². The lowest BCUT2D eigenvalue weighted by Gasteiger charge is -2.19. The van der Waals surface area contributed by atoms with Crippen LogP contribution in [0.2, 0.25) is 0 Å². The molecule has 0 heterocycles. The average Bonchev–Trinajstić information content (AvgIpc) is 1.64. The fourth-order valence-electron chi connectivity index (χ4n) is 1.16. The molecule has 1 heteroatoms. The zero-order chi connectivity index (χ0) is 5.98. The molecule has 0 nitrogen and oxygen atoms in total. The first-order chi connectivity index (χ1) is 3.79. The summed E-state index contributed by atoms with van der Waals surface area (Å²) in [5.41, 5.74) is 0. The van der Waals surface area contributed by atoms with Crippen molar-refractivity contribution >= 4 is 0 Å². The summed E-state index contributed by atoms with van der Waals surface area (Å²) < 4.78 is 12.4. The minimum atomic E-state index is -0.612. The van der Waals surface area contributed by atoms with Gasteiger partial charge in [0, 0.05) is 0 Å². The molecule has 0 N–H and O–H groups in total. The summed E-state index contributed by atoms with van der Waals surface area (Å²) in [6.07, 6.45) is 4.07. The van der Waals surface area contributed by atoms with Gasteiger partial charge in [-0.05, 0) is 25.2 Å². The Labute approximate surface area is 50.1 Å². The van der Waals surface area contributed by atoms with E-state index in [4.69, 9.17) is 0 Å². The quantitative estimate of drug-likeness (QED) is 0.454. The third-order valence-electron chi connectivity index (χ3n) is 1.71. The van der Waals surface area contributed by atoms with Gasteiger partial charge in [0.05, 0.1) is 0 Å². The Kier molecular flexibility index (Phi) is 1.87. The van der Waals surface area contributed by atoms with Crippen LogP contribution in [0.25, 0.3) is 0 Å². The number of alkyl halides is 1.